The molecule has 3 N–H and O–H groups in total. The maximum Gasteiger partial charge on any atom is 0.251 e. The van der Waals surface area contributed by atoms with Gasteiger partial charge in [0, 0.05) is 25.1 Å². The number of carbonyl (C=O) groups is 2. The van der Waals surface area contributed by atoms with Gasteiger partial charge in [-0.1, -0.05) is 17.7 Å². The molecule has 6 nitrogen and oxygen atoms in total. The topological polar surface area (TPSA) is 87.7 Å². The summed E-state index contributed by atoms with van der Waals surface area (Å²) in [5.74, 6) is -0.631. The molecule has 21 heavy (non-hydrogen) atoms. The maximum atomic E-state index is 11.9. The standard InChI is InChI=1S/C15H20N2O4/c1-11-3-2-4-12(7-11)14(19)16-8-13(18)17-9-15(20)5-6-21-10-15/h2-4,7,20H,5-6,8-10H2,1H3,(H,16,19)(H,17,18). The molecule has 0 saturated carbocycles. The van der Waals surface area contributed by atoms with E-state index in [-0.39, 0.29) is 31.5 Å². The first-order valence-corrected chi connectivity index (χ1v) is 6.90. The molecule has 1 aromatic rings. The van der Waals surface area contributed by atoms with Crippen LogP contribution >= 0.6 is 0 Å². The molecule has 0 bridgehead atoms. The zero-order valence-corrected chi connectivity index (χ0v) is 12.0. The van der Waals surface area contributed by atoms with Gasteiger partial charge < -0.3 is 20.5 Å². The second-order valence-corrected chi connectivity index (χ2v) is 5.36. The summed E-state index contributed by atoms with van der Waals surface area (Å²) in [6.07, 6.45) is 0.503. The van der Waals surface area contributed by atoms with Gasteiger partial charge in [-0.15, -0.1) is 0 Å². The third-order valence-corrected chi connectivity index (χ3v) is 3.39. The van der Waals surface area contributed by atoms with Crippen LogP contribution in [0.3, 0.4) is 0 Å². The van der Waals surface area contributed by atoms with E-state index in [0.717, 1.165) is 5.56 Å². The second kappa shape index (κ2) is 6.69. The van der Waals surface area contributed by atoms with Gasteiger partial charge in [-0.25, -0.2) is 0 Å². The van der Waals surface area contributed by atoms with Gasteiger partial charge in [0.1, 0.15) is 5.60 Å². The Bertz CT molecular complexity index is 524. The molecule has 1 saturated heterocycles. The smallest absolute Gasteiger partial charge is 0.251 e. The molecule has 0 radical (unpaired) electrons. The van der Waals surface area contributed by atoms with E-state index in [1.165, 1.54) is 0 Å². The molecule has 1 aromatic carbocycles. The lowest BCUT2D eigenvalue weighted by atomic mass is 10.0. The van der Waals surface area contributed by atoms with Crippen molar-refractivity contribution < 1.29 is 19.4 Å². The maximum absolute atomic E-state index is 11.9. The lowest BCUT2D eigenvalue weighted by molar-refractivity contribution is -0.121. The normalized spacial score (nSPS) is 21.0. The molecule has 1 heterocycles. The number of hydrogen-bond donors (Lipinski definition) is 3. The number of aliphatic hydroxyl groups is 1. The van der Waals surface area contributed by atoms with Gasteiger partial charge in [0.15, 0.2) is 0 Å². The van der Waals surface area contributed by atoms with Crippen LogP contribution in [0.4, 0.5) is 0 Å². The summed E-state index contributed by atoms with van der Waals surface area (Å²) >= 11 is 0. The lowest BCUT2D eigenvalue weighted by Gasteiger charge is -2.20. The summed E-state index contributed by atoms with van der Waals surface area (Å²) < 4.78 is 5.09. The highest BCUT2D eigenvalue weighted by Gasteiger charge is 2.32. The first kappa shape index (κ1) is 15.5. The Morgan fingerprint density at radius 3 is 2.86 bits per heavy atom. The molecule has 1 aliphatic heterocycles. The molecule has 114 valence electrons. The van der Waals surface area contributed by atoms with Crippen molar-refractivity contribution in [3.05, 3.63) is 35.4 Å². The van der Waals surface area contributed by atoms with Crippen LogP contribution in [0.25, 0.3) is 0 Å². The Balaban J connectivity index is 1.75. The van der Waals surface area contributed by atoms with E-state index in [0.29, 0.717) is 18.6 Å². The Morgan fingerprint density at radius 2 is 2.19 bits per heavy atom. The van der Waals surface area contributed by atoms with Crippen LogP contribution < -0.4 is 10.6 Å². The monoisotopic (exact) mass is 292 g/mol. The number of carbonyl (C=O) groups excluding carboxylic acids is 2. The zero-order valence-electron chi connectivity index (χ0n) is 12.0. The van der Waals surface area contributed by atoms with Crippen molar-refractivity contribution in [1.82, 2.24) is 10.6 Å². The van der Waals surface area contributed by atoms with E-state index >= 15 is 0 Å². The van der Waals surface area contributed by atoms with E-state index in [9.17, 15) is 14.7 Å². The summed E-state index contributed by atoms with van der Waals surface area (Å²) in [4.78, 5) is 23.5. The molecule has 6 heteroatoms. The van der Waals surface area contributed by atoms with Crippen molar-refractivity contribution in [2.75, 3.05) is 26.3 Å². The molecular formula is C15H20N2O4. The highest BCUT2D eigenvalue weighted by Crippen LogP contribution is 2.16. The summed E-state index contributed by atoms with van der Waals surface area (Å²) in [6.45, 7) is 2.63. The fourth-order valence-corrected chi connectivity index (χ4v) is 2.11. The molecule has 1 atom stereocenters. The Morgan fingerprint density at radius 1 is 1.38 bits per heavy atom. The fraction of sp³-hybridized carbons (Fsp3) is 0.467. The summed E-state index contributed by atoms with van der Waals surface area (Å²) in [5.41, 5.74) is 0.511. The quantitative estimate of drug-likeness (QED) is 0.712. The molecule has 1 fully saturated rings. The molecule has 0 spiro atoms. The van der Waals surface area contributed by atoms with Crippen LogP contribution in [0, 0.1) is 6.92 Å². The van der Waals surface area contributed by atoms with E-state index < -0.39 is 5.60 Å². The molecule has 0 aliphatic carbocycles. The number of aryl methyl sites for hydroxylation is 1. The van der Waals surface area contributed by atoms with E-state index in [2.05, 4.69) is 10.6 Å². The van der Waals surface area contributed by atoms with Crippen molar-refractivity contribution in [3.8, 4) is 0 Å². The van der Waals surface area contributed by atoms with Crippen molar-refractivity contribution >= 4 is 11.8 Å². The van der Waals surface area contributed by atoms with Gasteiger partial charge in [0.05, 0.1) is 13.2 Å². The molecule has 2 amide bonds. The van der Waals surface area contributed by atoms with Gasteiger partial charge >= 0.3 is 0 Å². The van der Waals surface area contributed by atoms with Gasteiger partial charge in [-0.3, -0.25) is 9.59 Å². The van der Waals surface area contributed by atoms with E-state index in [1.807, 2.05) is 13.0 Å². The van der Waals surface area contributed by atoms with Crippen molar-refractivity contribution in [2.24, 2.45) is 0 Å². The Kier molecular flexibility index (Phi) is 4.93. The third-order valence-electron chi connectivity index (χ3n) is 3.39. The summed E-state index contributed by atoms with van der Waals surface area (Å²) in [6, 6.07) is 7.14. The van der Waals surface area contributed by atoms with E-state index in [1.54, 1.807) is 18.2 Å². The third kappa shape index (κ3) is 4.54. The van der Waals surface area contributed by atoms with Crippen LogP contribution in [-0.4, -0.2) is 48.8 Å². The Hall–Kier alpha value is -1.92. The average Bonchev–Trinajstić information content (AvgIpc) is 2.90. The molecule has 1 unspecified atom stereocenters. The number of benzene rings is 1. The number of amides is 2. The first-order valence-electron chi connectivity index (χ1n) is 6.90. The second-order valence-electron chi connectivity index (χ2n) is 5.36. The van der Waals surface area contributed by atoms with Crippen LogP contribution in [0.2, 0.25) is 0 Å². The average molecular weight is 292 g/mol. The first-order chi connectivity index (χ1) is 9.98. The minimum atomic E-state index is -0.990. The van der Waals surface area contributed by atoms with Crippen LogP contribution in [0.15, 0.2) is 24.3 Å². The largest absolute Gasteiger partial charge is 0.386 e. The highest BCUT2D eigenvalue weighted by molar-refractivity contribution is 5.96. The summed E-state index contributed by atoms with van der Waals surface area (Å²) in [7, 11) is 0. The highest BCUT2D eigenvalue weighted by atomic mass is 16.5. The molecular weight excluding hydrogens is 272 g/mol. The number of ether oxygens (including phenoxy) is 1. The van der Waals surface area contributed by atoms with Crippen LogP contribution in [0.1, 0.15) is 22.3 Å². The van der Waals surface area contributed by atoms with Crippen molar-refractivity contribution in [3.63, 3.8) is 0 Å². The number of nitrogens with one attached hydrogen (secondary N) is 2. The van der Waals surface area contributed by atoms with Gasteiger partial charge in [0.25, 0.3) is 5.91 Å². The fourth-order valence-electron chi connectivity index (χ4n) is 2.11. The molecule has 2 rings (SSSR count). The summed E-state index contributed by atoms with van der Waals surface area (Å²) in [5, 5.41) is 15.1. The predicted octanol–water partition coefficient (Wildman–Crippen LogP) is -0.00758. The molecule has 1 aliphatic rings. The van der Waals surface area contributed by atoms with Gasteiger partial charge in [0.2, 0.25) is 5.91 Å². The SMILES string of the molecule is Cc1cccc(C(=O)NCC(=O)NCC2(O)CCOC2)c1. The minimum absolute atomic E-state index is 0.121. The number of hydrogen-bond acceptors (Lipinski definition) is 4. The minimum Gasteiger partial charge on any atom is -0.386 e. The zero-order chi connectivity index (χ0) is 15.3. The van der Waals surface area contributed by atoms with Crippen LogP contribution in [-0.2, 0) is 9.53 Å². The Labute approximate surface area is 123 Å². The van der Waals surface area contributed by atoms with Gasteiger partial charge in [-0.2, -0.15) is 0 Å². The van der Waals surface area contributed by atoms with Crippen LogP contribution in [0.5, 0.6) is 0 Å². The lowest BCUT2D eigenvalue weighted by Crippen LogP contribution is -2.46. The van der Waals surface area contributed by atoms with Crippen molar-refractivity contribution in [2.45, 2.75) is 18.9 Å². The van der Waals surface area contributed by atoms with E-state index in [4.69, 9.17) is 4.74 Å². The van der Waals surface area contributed by atoms with Crippen molar-refractivity contribution in [1.29, 1.82) is 0 Å². The number of rotatable bonds is 5. The molecule has 0 aromatic heterocycles. The predicted molar refractivity (Wildman–Crippen MR) is 76.9 cm³/mol. The van der Waals surface area contributed by atoms with Gasteiger partial charge in [-0.05, 0) is 19.1 Å².